The van der Waals surface area contributed by atoms with E-state index in [-0.39, 0.29) is 0 Å². The third kappa shape index (κ3) is 2.74. The van der Waals surface area contributed by atoms with Gasteiger partial charge >= 0.3 is 0 Å². The van der Waals surface area contributed by atoms with Crippen LogP contribution in [0.15, 0.2) is 6.33 Å². The van der Waals surface area contributed by atoms with Gasteiger partial charge < -0.3 is 10.2 Å². The Morgan fingerprint density at radius 2 is 1.91 bits per heavy atom. The van der Waals surface area contributed by atoms with E-state index in [0.29, 0.717) is 12.0 Å². The van der Waals surface area contributed by atoms with Gasteiger partial charge in [-0.1, -0.05) is 6.92 Å². The fourth-order valence-electron chi connectivity index (χ4n) is 4.24. The Labute approximate surface area is 142 Å². The molecule has 1 fully saturated rings. The Kier molecular flexibility index (Phi) is 4.01. The van der Waals surface area contributed by atoms with Gasteiger partial charge in [0.25, 0.3) is 0 Å². The van der Waals surface area contributed by atoms with Crippen molar-refractivity contribution < 1.29 is 0 Å². The minimum Gasteiger partial charge on any atom is -0.367 e. The standard InChI is InChI=1S/C18H26N4S/c1-11-4-9-14-15(11)16-17(19-10-20-18(16)23-14)21-12-5-7-13(8-6-12)22(2)3/h10-13H,4-9H2,1-3H3,(H,19,20,21)/t11-,12-,13-/m0/s1. The summed E-state index contributed by atoms with van der Waals surface area (Å²) in [6.07, 6.45) is 9.23. The topological polar surface area (TPSA) is 41.1 Å². The van der Waals surface area contributed by atoms with Crippen LogP contribution in [-0.2, 0) is 6.42 Å². The van der Waals surface area contributed by atoms with Crippen LogP contribution >= 0.6 is 11.3 Å². The lowest BCUT2D eigenvalue weighted by molar-refractivity contribution is 0.221. The monoisotopic (exact) mass is 330 g/mol. The summed E-state index contributed by atoms with van der Waals surface area (Å²) in [5, 5.41) is 5.07. The lowest BCUT2D eigenvalue weighted by atomic mass is 9.90. The highest BCUT2D eigenvalue weighted by molar-refractivity contribution is 7.19. The minimum atomic E-state index is 0.552. The number of aryl methyl sites for hydroxylation is 1. The number of hydrogen-bond acceptors (Lipinski definition) is 5. The van der Waals surface area contributed by atoms with E-state index < -0.39 is 0 Å². The number of aromatic nitrogens is 2. The summed E-state index contributed by atoms with van der Waals surface area (Å²) in [6, 6.07) is 1.29. The van der Waals surface area contributed by atoms with Gasteiger partial charge in [-0.3, -0.25) is 0 Å². The summed E-state index contributed by atoms with van der Waals surface area (Å²) in [4.78, 5) is 14.2. The van der Waals surface area contributed by atoms with Crippen molar-refractivity contribution in [3.8, 4) is 0 Å². The average Bonchev–Trinajstić information content (AvgIpc) is 3.08. The van der Waals surface area contributed by atoms with Crippen molar-refractivity contribution in [2.45, 2.75) is 63.5 Å². The maximum absolute atomic E-state index is 4.61. The summed E-state index contributed by atoms with van der Waals surface area (Å²) in [7, 11) is 4.39. The van der Waals surface area contributed by atoms with Crippen molar-refractivity contribution >= 4 is 27.4 Å². The number of nitrogens with zero attached hydrogens (tertiary/aromatic N) is 3. The van der Waals surface area contributed by atoms with Crippen LogP contribution in [0.1, 0.15) is 55.4 Å². The molecule has 1 N–H and O–H groups in total. The molecule has 0 spiro atoms. The average molecular weight is 331 g/mol. The molecule has 5 heteroatoms. The predicted molar refractivity (Wildman–Crippen MR) is 97.5 cm³/mol. The SMILES string of the molecule is C[C@H]1CCc2sc3ncnc(N[C@H]4CC[C@H](N(C)C)CC4)c3c21. The Morgan fingerprint density at radius 1 is 1.13 bits per heavy atom. The summed E-state index contributed by atoms with van der Waals surface area (Å²) in [5.74, 6) is 1.73. The summed E-state index contributed by atoms with van der Waals surface area (Å²) < 4.78 is 0. The zero-order valence-corrected chi connectivity index (χ0v) is 15.1. The third-order valence-electron chi connectivity index (χ3n) is 5.67. The molecule has 2 aromatic rings. The van der Waals surface area contributed by atoms with E-state index in [2.05, 4.69) is 41.2 Å². The van der Waals surface area contributed by atoms with Gasteiger partial charge in [-0.05, 0) is 64.1 Å². The normalized spacial score (nSPS) is 27.6. The van der Waals surface area contributed by atoms with Crippen molar-refractivity contribution in [3.63, 3.8) is 0 Å². The molecular weight excluding hydrogens is 304 g/mol. The molecule has 0 unspecified atom stereocenters. The predicted octanol–water partition coefficient (Wildman–Crippen LogP) is 4.03. The number of nitrogens with one attached hydrogen (secondary N) is 1. The van der Waals surface area contributed by atoms with Crippen LogP contribution in [0.5, 0.6) is 0 Å². The van der Waals surface area contributed by atoms with Gasteiger partial charge in [-0.2, -0.15) is 0 Å². The van der Waals surface area contributed by atoms with Crippen molar-refractivity contribution in [1.29, 1.82) is 0 Å². The van der Waals surface area contributed by atoms with Crippen LogP contribution in [0.4, 0.5) is 5.82 Å². The molecule has 2 heterocycles. The highest BCUT2D eigenvalue weighted by Gasteiger charge is 2.28. The lowest BCUT2D eigenvalue weighted by Crippen LogP contribution is -2.36. The van der Waals surface area contributed by atoms with Crippen molar-refractivity contribution in [2.24, 2.45) is 0 Å². The Balaban J connectivity index is 1.58. The molecule has 2 aliphatic carbocycles. The molecule has 2 aliphatic rings. The smallest absolute Gasteiger partial charge is 0.138 e. The van der Waals surface area contributed by atoms with E-state index in [1.54, 1.807) is 6.33 Å². The fourth-order valence-corrected chi connectivity index (χ4v) is 5.51. The van der Waals surface area contributed by atoms with Crippen molar-refractivity contribution in [3.05, 3.63) is 16.8 Å². The largest absolute Gasteiger partial charge is 0.367 e. The molecule has 0 amide bonds. The Morgan fingerprint density at radius 3 is 2.65 bits per heavy atom. The highest BCUT2D eigenvalue weighted by Crippen LogP contribution is 2.45. The Bertz CT molecular complexity index is 700. The number of rotatable bonds is 3. The molecule has 1 atom stereocenters. The molecule has 4 rings (SSSR count). The van der Waals surface area contributed by atoms with Gasteiger partial charge in [-0.25, -0.2) is 9.97 Å². The number of anilines is 1. The van der Waals surface area contributed by atoms with Crippen LogP contribution in [0.25, 0.3) is 10.2 Å². The van der Waals surface area contributed by atoms with E-state index in [1.807, 2.05) is 11.3 Å². The molecule has 0 saturated heterocycles. The zero-order chi connectivity index (χ0) is 16.0. The van der Waals surface area contributed by atoms with Crippen molar-refractivity contribution in [1.82, 2.24) is 14.9 Å². The maximum Gasteiger partial charge on any atom is 0.138 e. The fraction of sp³-hybridized carbons (Fsp3) is 0.667. The van der Waals surface area contributed by atoms with E-state index in [9.17, 15) is 0 Å². The minimum absolute atomic E-state index is 0.552. The highest BCUT2D eigenvalue weighted by atomic mass is 32.1. The zero-order valence-electron chi connectivity index (χ0n) is 14.3. The van der Waals surface area contributed by atoms with Gasteiger partial charge in [0.2, 0.25) is 0 Å². The van der Waals surface area contributed by atoms with Crippen molar-refractivity contribution in [2.75, 3.05) is 19.4 Å². The molecule has 4 nitrogen and oxygen atoms in total. The first-order chi connectivity index (χ1) is 11.1. The van der Waals surface area contributed by atoms with Gasteiger partial charge in [0.1, 0.15) is 17.0 Å². The second-order valence-corrected chi connectivity index (χ2v) is 8.48. The third-order valence-corrected chi connectivity index (χ3v) is 6.84. The quantitative estimate of drug-likeness (QED) is 0.922. The number of thiophene rings is 1. The van der Waals surface area contributed by atoms with Crippen LogP contribution in [-0.4, -0.2) is 41.0 Å². The van der Waals surface area contributed by atoms with E-state index in [4.69, 9.17) is 0 Å². The van der Waals surface area contributed by atoms with E-state index in [0.717, 1.165) is 11.9 Å². The molecule has 23 heavy (non-hydrogen) atoms. The molecule has 1 saturated carbocycles. The molecule has 0 bridgehead atoms. The van der Waals surface area contributed by atoms with Gasteiger partial charge in [0, 0.05) is 17.0 Å². The number of hydrogen-bond donors (Lipinski definition) is 1. The van der Waals surface area contributed by atoms with Crippen LogP contribution in [0.2, 0.25) is 0 Å². The molecule has 0 radical (unpaired) electrons. The van der Waals surface area contributed by atoms with E-state index >= 15 is 0 Å². The first-order valence-corrected chi connectivity index (χ1v) is 9.64. The second-order valence-electron chi connectivity index (χ2n) is 7.39. The molecule has 124 valence electrons. The van der Waals surface area contributed by atoms with Crippen LogP contribution in [0, 0.1) is 0 Å². The summed E-state index contributed by atoms with van der Waals surface area (Å²) in [6.45, 7) is 2.34. The summed E-state index contributed by atoms with van der Waals surface area (Å²) in [5.41, 5.74) is 1.52. The first-order valence-electron chi connectivity index (χ1n) is 8.82. The molecule has 0 aromatic carbocycles. The molecule has 2 aromatic heterocycles. The van der Waals surface area contributed by atoms with E-state index in [1.165, 1.54) is 59.2 Å². The van der Waals surface area contributed by atoms with Gasteiger partial charge in [0.05, 0.1) is 5.39 Å². The molecular formula is C18H26N4S. The first kappa shape index (κ1) is 15.3. The maximum atomic E-state index is 4.61. The lowest BCUT2D eigenvalue weighted by Gasteiger charge is -2.33. The van der Waals surface area contributed by atoms with Crippen LogP contribution in [0.3, 0.4) is 0 Å². The Hall–Kier alpha value is -1.20. The number of fused-ring (bicyclic) bond motifs is 3. The summed E-state index contributed by atoms with van der Waals surface area (Å²) >= 11 is 1.87. The molecule has 0 aliphatic heterocycles. The van der Waals surface area contributed by atoms with Gasteiger partial charge in [0.15, 0.2) is 0 Å². The van der Waals surface area contributed by atoms with Crippen LogP contribution < -0.4 is 5.32 Å². The van der Waals surface area contributed by atoms with Gasteiger partial charge in [-0.15, -0.1) is 11.3 Å². The second kappa shape index (κ2) is 6.02.